The van der Waals surface area contributed by atoms with Crippen molar-refractivity contribution in [1.29, 1.82) is 0 Å². The molecule has 22 heavy (non-hydrogen) atoms. The van der Waals surface area contributed by atoms with E-state index >= 15 is 0 Å². The topological polar surface area (TPSA) is 44.1 Å². The van der Waals surface area contributed by atoms with E-state index in [4.69, 9.17) is 16.3 Å². The third kappa shape index (κ3) is 3.39. The van der Waals surface area contributed by atoms with E-state index < -0.39 is 11.6 Å². The Balaban J connectivity index is 2.36. The van der Waals surface area contributed by atoms with Gasteiger partial charge in [-0.2, -0.15) is 0 Å². The Labute approximate surface area is 135 Å². The minimum Gasteiger partial charge on any atom is -0.451 e. The summed E-state index contributed by atoms with van der Waals surface area (Å²) >= 11 is 6.08. The van der Waals surface area contributed by atoms with Gasteiger partial charge in [-0.1, -0.05) is 48.5 Å². The van der Waals surface area contributed by atoms with Crippen LogP contribution in [0.1, 0.15) is 42.9 Å². The van der Waals surface area contributed by atoms with Crippen molar-refractivity contribution in [2.45, 2.75) is 32.4 Å². The van der Waals surface area contributed by atoms with Crippen molar-refractivity contribution < 1.29 is 9.53 Å². The molecule has 0 unspecified atom stereocenters. The summed E-state index contributed by atoms with van der Waals surface area (Å²) in [6.45, 7) is 9.15. The van der Waals surface area contributed by atoms with Crippen LogP contribution in [0.15, 0.2) is 49.3 Å². The van der Waals surface area contributed by atoms with E-state index in [0.29, 0.717) is 0 Å². The summed E-state index contributed by atoms with van der Waals surface area (Å²) in [6, 6.07) is 9.73. The Morgan fingerprint density at radius 2 is 2.05 bits per heavy atom. The number of ether oxygens (including phenoxy) is 1. The summed E-state index contributed by atoms with van der Waals surface area (Å²) in [5, 5.41) is 0.132. The number of imidazole rings is 1. The van der Waals surface area contributed by atoms with Crippen molar-refractivity contribution in [2.75, 3.05) is 0 Å². The number of aromatic nitrogens is 2. The molecule has 1 heterocycles. The third-order valence-corrected chi connectivity index (χ3v) is 3.77. The number of halogens is 1. The average Bonchev–Trinajstić information content (AvgIpc) is 2.89. The fraction of sp³-hybridized carbons (Fsp3) is 0.294. The van der Waals surface area contributed by atoms with Crippen LogP contribution in [0.5, 0.6) is 0 Å². The Bertz CT molecular complexity index is 677. The number of carbonyl (C=O) groups is 1. The predicted molar refractivity (Wildman–Crippen MR) is 87.2 cm³/mol. The highest BCUT2D eigenvalue weighted by atomic mass is 35.5. The fourth-order valence-corrected chi connectivity index (χ4v) is 2.26. The number of hydrogen-bond acceptors (Lipinski definition) is 3. The van der Waals surface area contributed by atoms with Crippen molar-refractivity contribution >= 4 is 17.6 Å². The van der Waals surface area contributed by atoms with E-state index in [2.05, 4.69) is 11.6 Å². The number of rotatable bonds is 5. The molecule has 0 radical (unpaired) electrons. The van der Waals surface area contributed by atoms with Crippen LogP contribution in [0.2, 0.25) is 5.15 Å². The van der Waals surface area contributed by atoms with E-state index in [1.807, 2.05) is 37.3 Å². The van der Waals surface area contributed by atoms with Crippen LogP contribution in [0.4, 0.5) is 0 Å². The normalized spacial score (nSPS) is 12.7. The molecule has 116 valence electrons. The van der Waals surface area contributed by atoms with Crippen LogP contribution in [0.25, 0.3) is 0 Å². The second kappa shape index (κ2) is 6.36. The molecule has 0 bridgehead atoms. The quantitative estimate of drug-likeness (QED) is 0.611. The van der Waals surface area contributed by atoms with Gasteiger partial charge in [0.1, 0.15) is 5.60 Å². The molecule has 1 aromatic carbocycles. The molecule has 0 aliphatic carbocycles. The molecule has 0 fully saturated rings. The summed E-state index contributed by atoms with van der Waals surface area (Å²) in [6.07, 6.45) is 3.12. The molecule has 2 rings (SSSR count). The van der Waals surface area contributed by atoms with Gasteiger partial charge in [-0.15, -0.1) is 0 Å². The highest BCUT2D eigenvalue weighted by Crippen LogP contribution is 2.25. The van der Waals surface area contributed by atoms with Crippen LogP contribution >= 0.6 is 11.6 Å². The van der Waals surface area contributed by atoms with Crippen LogP contribution in [-0.2, 0) is 4.74 Å². The van der Waals surface area contributed by atoms with Gasteiger partial charge in [0.25, 0.3) is 0 Å². The molecule has 0 saturated carbocycles. The van der Waals surface area contributed by atoms with Gasteiger partial charge in [-0.25, -0.2) is 9.78 Å². The minimum atomic E-state index is -0.772. The number of hydrogen-bond donors (Lipinski definition) is 0. The molecule has 0 aliphatic heterocycles. The second-order valence-electron chi connectivity index (χ2n) is 5.58. The molecule has 0 N–H and O–H groups in total. The molecule has 4 nitrogen and oxygen atoms in total. The second-order valence-corrected chi connectivity index (χ2v) is 5.93. The molecule has 0 spiro atoms. The maximum Gasteiger partial charge on any atom is 0.359 e. The zero-order valence-corrected chi connectivity index (χ0v) is 13.7. The predicted octanol–water partition coefficient (Wildman–Crippen LogP) is 4.27. The van der Waals surface area contributed by atoms with E-state index in [-0.39, 0.29) is 16.9 Å². The van der Waals surface area contributed by atoms with E-state index in [1.54, 1.807) is 30.8 Å². The minimum absolute atomic E-state index is 0.0874. The highest BCUT2D eigenvalue weighted by molar-refractivity contribution is 6.32. The SMILES string of the molecule is C=CC(C)(C)OC(=O)c1c(Cl)ncn1[C@H](C)c1ccccc1. The van der Waals surface area contributed by atoms with Gasteiger partial charge in [-0.3, -0.25) is 0 Å². The number of benzene rings is 1. The summed E-state index contributed by atoms with van der Waals surface area (Å²) < 4.78 is 7.16. The van der Waals surface area contributed by atoms with E-state index in [9.17, 15) is 4.79 Å². The van der Waals surface area contributed by atoms with Crippen molar-refractivity contribution in [3.05, 3.63) is 65.7 Å². The molecule has 0 saturated heterocycles. The van der Waals surface area contributed by atoms with E-state index in [0.717, 1.165) is 5.56 Å². The first-order chi connectivity index (χ1) is 10.4. The fourth-order valence-electron chi connectivity index (χ4n) is 2.04. The van der Waals surface area contributed by atoms with Gasteiger partial charge in [0.2, 0.25) is 0 Å². The summed E-state index contributed by atoms with van der Waals surface area (Å²) in [7, 11) is 0. The summed E-state index contributed by atoms with van der Waals surface area (Å²) in [5.41, 5.74) is 0.521. The standard InChI is InChI=1S/C17H19ClN2O2/c1-5-17(3,4)22-16(21)14-15(18)19-11-20(14)12(2)13-9-7-6-8-10-13/h5-12H,1H2,2-4H3/t12-/m1/s1. The average molecular weight is 319 g/mol. The zero-order chi connectivity index (χ0) is 16.3. The zero-order valence-electron chi connectivity index (χ0n) is 12.9. The van der Waals surface area contributed by atoms with Crippen molar-refractivity contribution in [3.63, 3.8) is 0 Å². The molecular weight excluding hydrogens is 300 g/mol. The Hall–Kier alpha value is -2.07. The Kier molecular flexibility index (Phi) is 4.71. The Morgan fingerprint density at radius 1 is 1.41 bits per heavy atom. The molecule has 0 amide bonds. The molecular formula is C17H19ClN2O2. The molecule has 2 aromatic rings. The first-order valence-electron chi connectivity index (χ1n) is 7.00. The number of esters is 1. The van der Waals surface area contributed by atoms with Gasteiger partial charge in [-0.05, 0) is 32.4 Å². The van der Waals surface area contributed by atoms with Crippen molar-refractivity contribution in [2.24, 2.45) is 0 Å². The lowest BCUT2D eigenvalue weighted by molar-refractivity contribution is 0.0161. The van der Waals surface area contributed by atoms with Crippen LogP contribution in [-0.4, -0.2) is 21.1 Å². The lowest BCUT2D eigenvalue weighted by Gasteiger charge is -2.22. The third-order valence-electron chi connectivity index (χ3n) is 3.49. The molecule has 1 atom stereocenters. The lowest BCUT2D eigenvalue weighted by Crippen LogP contribution is -2.27. The smallest absolute Gasteiger partial charge is 0.359 e. The van der Waals surface area contributed by atoms with Crippen molar-refractivity contribution in [3.8, 4) is 0 Å². The Morgan fingerprint density at radius 3 is 2.64 bits per heavy atom. The summed E-state index contributed by atoms with van der Waals surface area (Å²) in [4.78, 5) is 16.5. The highest BCUT2D eigenvalue weighted by Gasteiger charge is 2.27. The van der Waals surface area contributed by atoms with Gasteiger partial charge in [0.15, 0.2) is 10.8 Å². The molecule has 0 aliphatic rings. The van der Waals surface area contributed by atoms with Crippen LogP contribution < -0.4 is 0 Å². The maximum absolute atomic E-state index is 12.4. The van der Waals surface area contributed by atoms with Gasteiger partial charge in [0.05, 0.1) is 12.4 Å². The lowest BCUT2D eigenvalue weighted by atomic mass is 10.1. The van der Waals surface area contributed by atoms with Crippen LogP contribution in [0, 0.1) is 0 Å². The maximum atomic E-state index is 12.4. The number of nitrogens with zero attached hydrogens (tertiary/aromatic N) is 2. The summed E-state index contributed by atoms with van der Waals surface area (Å²) in [5.74, 6) is -0.518. The largest absolute Gasteiger partial charge is 0.451 e. The van der Waals surface area contributed by atoms with E-state index in [1.165, 1.54) is 0 Å². The number of carbonyl (C=O) groups excluding carboxylic acids is 1. The molecule has 1 aromatic heterocycles. The monoisotopic (exact) mass is 318 g/mol. The molecule has 5 heteroatoms. The van der Waals surface area contributed by atoms with Gasteiger partial charge < -0.3 is 9.30 Å². The first kappa shape index (κ1) is 16.3. The van der Waals surface area contributed by atoms with Crippen molar-refractivity contribution in [1.82, 2.24) is 9.55 Å². The van der Waals surface area contributed by atoms with Gasteiger partial charge >= 0.3 is 5.97 Å². The van der Waals surface area contributed by atoms with Gasteiger partial charge in [0, 0.05) is 0 Å². The first-order valence-corrected chi connectivity index (χ1v) is 7.37. The van der Waals surface area contributed by atoms with Crippen LogP contribution in [0.3, 0.4) is 0 Å².